The monoisotopic (exact) mass is 296 g/mol. The summed E-state index contributed by atoms with van der Waals surface area (Å²) in [5, 5.41) is 7.13. The van der Waals surface area contributed by atoms with Gasteiger partial charge in [0, 0.05) is 11.6 Å². The topological polar surface area (TPSA) is 55.1 Å². The quantitative estimate of drug-likeness (QED) is 0.929. The molecule has 1 aromatic rings. The molecule has 1 N–H and O–H groups in total. The van der Waals surface area contributed by atoms with Crippen molar-refractivity contribution in [3.63, 3.8) is 0 Å². The van der Waals surface area contributed by atoms with Gasteiger partial charge in [-0.15, -0.1) is 0 Å². The lowest BCUT2D eigenvalue weighted by Gasteiger charge is -2.28. The SMILES string of the molecule is Cc1noc(Cl)c1CC(=O)N[C@@H](C)[C@@H]1C[C@H]2CC[C@H]1C2. The summed E-state index contributed by atoms with van der Waals surface area (Å²) in [6.45, 7) is 3.93. The first-order chi connectivity index (χ1) is 9.54. The number of fused-ring (bicyclic) bond motifs is 2. The maximum atomic E-state index is 12.1. The molecule has 110 valence electrons. The van der Waals surface area contributed by atoms with Gasteiger partial charge in [-0.05, 0) is 62.5 Å². The number of nitrogens with zero attached hydrogens (tertiary/aromatic N) is 1. The predicted molar refractivity (Wildman–Crippen MR) is 76.5 cm³/mol. The van der Waals surface area contributed by atoms with E-state index in [0.717, 1.165) is 11.8 Å². The second-order valence-electron chi connectivity index (χ2n) is 6.39. The van der Waals surface area contributed by atoms with Crippen LogP contribution in [0.25, 0.3) is 0 Å². The van der Waals surface area contributed by atoms with Crippen molar-refractivity contribution in [1.82, 2.24) is 10.5 Å². The third kappa shape index (κ3) is 2.58. The summed E-state index contributed by atoms with van der Waals surface area (Å²) >= 11 is 5.90. The van der Waals surface area contributed by atoms with Crippen molar-refractivity contribution < 1.29 is 9.32 Å². The molecule has 0 aliphatic heterocycles. The van der Waals surface area contributed by atoms with Gasteiger partial charge < -0.3 is 9.84 Å². The lowest BCUT2D eigenvalue weighted by Crippen LogP contribution is -2.40. The van der Waals surface area contributed by atoms with Gasteiger partial charge in [0.1, 0.15) is 0 Å². The highest BCUT2D eigenvalue weighted by molar-refractivity contribution is 6.29. The van der Waals surface area contributed by atoms with Crippen LogP contribution in [0, 0.1) is 24.7 Å². The van der Waals surface area contributed by atoms with Crippen LogP contribution in [-0.4, -0.2) is 17.1 Å². The number of carbonyl (C=O) groups is 1. The van der Waals surface area contributed by atoms with Gasteiger partial charge >= 0.3 is 0 Å². The molecule has 20 heavy (non-hydrogen) atoms. The van der Waals surface area contributed by atoms with Gasteiger partial charge in [-0.3, -0.25) is 4.79 Å². The Kier molecular flexibility index (Phi) is 3.76. The van der Waals surface area contributed by atoms with Crippen LogP contribution in [0.3, 0.4) is 0 Å². The van der Waals surface area contributed by atoms with E-state index in [0.29, 0.717) is 17.2 Å². The van der Waals surface area contributed by atoms with Crippen LogP contribution in [0.5, 0.6) is 0 Å². The van der Waals surface area contributed by atoms with Crippen molar-refractivity contribution in [1.29, 1.82) is 0 Å². The number of aryl methyl sites for hydroxylation is 1. The largest absolute Gasteiger partial charge is 0.353 e. The fourth-order valence-corrected chi connectivity index (χ4v) is 4.28. The molecule has 2 bridgehead atoms. The zero-order valence-corrected chi connectivity index (χ0v) is 12.7. The van der Waals surface area contributed by atoms with E-state index in [-0.39, 0.29) is 23.6 Å². The Morgan fingerprint density at radius 3 is 2.85 bits per heavy atom. The fourth-order valence-electron chi connectivity index (χ4n) is 4.04. The molecule has 1 heterocycles. The minimum atomic E-state index is 0.00785. The molecule has 0 saturated heterocycles. The zero-order valence-electron chi connectivity index (χ0n) is 12.0. The highest BCUT2D eigenvalue weighted by Gasteiger charge is 2.42. The van der Waals surface area contributed by atoms with Crippen molar-refractivity contribution in [3.8, 4) is 0 Å². The van der Waals surface area contributed by atoms with Gasteiger partial charge in [0.05, 0.1) is 12.1 Å². The molecule has 2 fully saturated rings. The lowest BCUT2D eigenvalue weighted by molar-refractivity contribution is -0.121. The van der Waals surface area contributed by atoms with Crippen LogP contribution in [0.4, 0.5) is 0 Å². The first-order valence-electron chi connectivity index (χ1n) is 7.44. The normalized spacial score (nSPS) is 29.6. The van der Waals surface area contributed by atoms with Crippen molar-refractivity contribution in [2.24, 2.45) is 17.8 Å². The Labute approximate surface area is 124 Å². The summed E-state index contributed by atoms with van der Waals surface area (Å²) in [5.74, 6) is 2.38. The molecule has 1 aromatic heterocycles. The Hall–Kier alpha value is -1.03. The van der Waals surface area contributed by atoms with Gasteiger partial charge in [-0.2, -0.15) is 0 Å². The maximum Gasteiger partial charge on any atom is 0.229 e. The van der Waals surface area contributed by atoms with E-state index in [2.05, 4.69) is 17.4 Å². The van der Waals surface area contributed by atoms with Gasteiger partial charge in [-0.25, -0.2) is 0 Å². The van der Waals surface area contributed by atoms with Crippen molar-refractivity contribution in [2.45, 2.75) is 52.0 Å². The van der Waals surface area contributed by atoms with Crippen LogP contribution in [0.1, 0.15) is 43.9 Å². The van der Waals surface area contributed by atoms with Crippen LogP contribution in [-0.2, 0) is 11.2 Å². The third-order valence-electron chi connectivity index (χ3n) is 5.10. The van der Waals surface area contributed by atoms with Crippen molar-refractivity contribution in [2.75, 3.05) is 0 Å². The number of hydrogen-bond donors (Lipinski definition) is 1. The maximum absolute atomic E-state index is 12.1. The highest BCUT2D eigenvalue weighted by atomic mass is 35.5. The molecule has 2 saturated carbocycles. The Bertz CT molecular complexity index is 494. The molecule has 1 amide bonds. The third-order valence-corrected chi connectivity index (χ3v) is 5.39. The number of aromatic nitrogens is 1. The summed E-state index contributed by atoms with van der Waals surface area (Å²) in [7, 11) is 0. The average Bonchev–Trinajstić information content (AvgIpc) is 3.10. The van der Waals surface area contributed by atoms with Gasteiger partial charge in [0.25, 0.3) is 0 Å². The highest BCUT2D eigenvalue weighted by Crippen LogP contribution is 2.49. The van der Waals surface area contributed by atoms with E-state index < -0.39 is 0 Å². The number of hydrogen-bond acceptors (Lipinski definition) is 3. The minimum absolute atomic E-state index is 0.00785. The summed E-state index contributed by atoms with van der Waals surface area (Å²) in [6.07, 6.45) is 5.61. The first kappa shape index (κ1) is 13.9. The Morgan fingerprint density at radius 2 is 2.30 bits per heavy atom. The molecule has 4 nitrogen and oxygen atoms in total. The molecule has 5 heteroatoms. The van der Waals surface area contributed by atoms with E-state index in [4.69, 9.17) is 16.1 Å². The lowest BCUT2D eigenvalue weighted by atomic mass is 9.84. The van der Waals surface area contributed by atoms with E-state index in [1.54, 1.807) is 6.92 Å². The van der Waals surface area contributed by atoms with Gasteiger partial charge in [0.2, 0.25) is 11.1 Å². The molecular formula is C15H21ClN2O2. The molecule has 2 aliphatic rings. The molecule has 0 radical (unpaired) electrons. The number of halogens is 1. The van der Waals surface area contributed by atoms with Crippen LogP contribution in [0.2, 0.25) is 5.22 Å². The van der Waals surface area contributed by atoms with E-state index in [1.807, 2.05) is 0 Å². The molecular weight excluding hydrogens is 276 g/mol. The van der Waals surface area contributed by atoms with Crippen LogP contribution < -0.4 is 5.32 Å². The smallest absolute Gasteiger partial charge is 0.229 e. The summed E-state index contributed by atoms with van der Waals surface area (Å²) < 4.78 is 4.88. The molecule has 4 atom stereocenters. The van der Waals surface area contributed by atoms with Gasteiger partial charge in [-0.1, -0.05) is 11.6 Å². The molecule has 3 rings (SSSR count). The summed E-state index contributed by atoms with van der Waals surface area (Å²) in [6, 6.07) is 0.247. The number of rotatable bonds is 4. The molecule has 0 spiro atoms. The summed E-state index contributed by atoms with van der Waals surface area (Å²) in [4.78, 5) is 12.1. The average molecular weight is 297 g/mol. The number of amides is 1. The van der Waals surface area contributed by atoms with E-state index in [1.165, 1.54) is 25.7 Å². The minimum Gasteiger partial charge on any atom is -0.353 e. The second kappa shape index (κ2) is 5.40. The van der Waals surface area contributed by atoms with E-state index in [9.17, 15) is 4.79 Å². The Morgan fingerprint density at radius 1 is 1.50 bits per heavy atom. The number of carbonyl (C=O) groups excluding carboxylic acids is 1. The second-order valence-corrected chi connectivity index (χ2v) is 6.74. The van der Waals surface area contributed by atoms with Crippen molar-refractivity contribution in [3.05, 3.63) is 16.5 Å². The molecule has 0 unspecified atom stereocenters. The predicted octanol–water partition coefficient (Wildman–Crippen LogP) is 3.12. The van der Waals surface area contributed by atoms with Gasteiger partial charge in [0.15, 0.2) is 0 Å². The van der Waals surface area contributed by atoms with E-state index >= 15 is 0 Å². The fraction of sp³-hybridized carbons (Fsp3) is 0.733. The molecule has 2 aliphatic carbocycles. The first-order valence-corrected chi connectivity index (χ1v) is 7.82. The van der Waals surface area contributed by atoms with Crippen LogP contribution >= 0.6 is 11.6 Å². The Balaban J connectivity index is 1.56. The van der Waals surface area contributed by atoms with Crippen molar-refractivity contribution >= 4 is 17.5 Å². The standard InChI is InChI=1S/C15H21ClN2O2/c1-8(12-6-10-3-4-11(12)5-10)17-14(19)7-13-9(2)18-20-15(13)16/h8,10-12H,3-7H2,1-2H3,(H,17,19)/t8-,10-,11-,12-/m0/s1. The van der Waals surface area contributed by atoms with Crippen LogP contribution in [0.15, 0.2) is 4.52 Å². The number of nitrogens with one attached hydrogen (secondary N) is 1. The zero-order chi connectivity index (χ0) is 14.3. The summed E-state index contributed by atoms with van der Waals surface area (Å²) in [5.41, 5.74) is 1.39. The molecule has 0 aromatic carbocycles.